The number of halogens is 3. The summed E-state index contributed by atoms with van der Waals surface area (Å²) in [5.41, 5.74) is 0.756. The first-order valence-corrected chi connectivity index (χ1v) is 14.5. The SMILES string of the molecule is CC(C)N1C=C2N(C(=O)C(N3CCC3)CN2S(=O)(=O)c2cc(Cl)ccc2F)C(Cc2ccc(Cl)cc2)C1=O. The quantitative estimate of drug-likeness (QED) is 0.520. The van der Waals surface area contributed by atoms with Crippen molar-refractivity contribution in [3.63, 3.8) is 0 Å². The minimum atomic E-state index is -4.50. The fraction of sp³-hybridized carbons (Fsp3) is 0.385. The summed E-state index contributed by atoms with van der Waals surface area (Å²) < 4.78 is 43.8. The molecule has 8 nitrogen and oxygen atoms in total. The van der Waals surface area contributed by atoms with Crippen LogP contribution in [0.4, 0.5) is 4.39 Å². The molecule has 2 fully saturated rings. The number of rotatable bonds is 6. The first-order chi connectivity index (χ1) is 18.0. The Hall–Kier alpha value is -2.66. The van der Waals surface area contributed by atoms with Crippen LogP contribution in [-0.4, -0.2) is 77.0 Å². The third kappa shape index (κ3) is 4.68. The van der Waals surface area contributed by atoms with Crippen LogP contribution in [0.2, 0.25) is 10.0 Å². The highest BCUT2D eigenvalue weighted by Gasteiger charge is 2.52. The van der Waals surface area contributed by atoms with Gasteiger partial charge in [-0.1, -0.05) is 35.3 Å². The molecule has 0 N–H and O–H groups in total. The predicted octanol–water partition coefficient (Wildman–Crippen LogP) is 3.70. The topological polar surface area (TPSA) is 81.2 Å². The molecule has 3 heterocycles. The second-order valence-electron chi connectivity index (χ2n) is 9.90. The molecule has 5 rings (SSSR count). The minimum Gasteiger partial charge on any atom is -0.311 e. The third-order valence-corrected chi connectivity index (χ3v) is 9.43. The van der Waals surface area contributed by atoms with Crippen molar-refractivity contribution < 1.29 is 22.4 Å². The van der Waals surface area contributed by atoms with Gasteiger partial charge in [0, 0.05) is 41.8 Å². The van der Waals surface area contributed by atoms with Gasteiger partial charge < -0.3 is 4.90 Å². The molecule has 2 unspecified atom stereocenters. The summed E-state index contributed by atoms with van der Waals surface area (Å²) in [7, 11) is -4.50. The van der Waals surface area contributed by atoms with E-state index in [1.54, 1.807) is 38.1 Å². The summed E-state index contributed by atoms with van der Waals surface area (Å²) in [6, 6.07) is 8.12. The van der Waals surface area contributed by atoms with E-state index in [1.165, 1.54) is 22.1 Å². The predicted molar refractivity (Wildman–Crippen MR) is 141 cm³/mol. The second-order valence-corrected chi connectivity index (χ2v) is 12.6. The molecule has 2 amide bonds. The number of carbonyl (C=O) groups is 2. The molecule has 2 aromatic carbocycles. The zero-order chi connectivity index (χ0) is 27.4. The number of carbonyl (C=O) groups excluding carboxylic acids is 2. The van der Waals surface area contributed by atoms with E-state index in [2.05, 4.69) is 0 Å². The van der Waals surface area contributed by atoms with Crippen molar-refractivity contribution in [3.05, 3.63) is 75.9 Å². The lowest BCUT2D eigenvalue weighted by Gasteiger charge is -2.51. The first kappa shape index (κ1) is 26.9. The Morgan fingerprint density at radius 1 is 1.00 bits per heavy atom. The average Bonchev–Trinajstić information content (AvgIpc) is 2.83. The van der Waals surface area contributed by atoms with Crippen LogP contribution in [-0.2, 0) is 26.0 Å². The molecule has 38 heavy (non-hydrogen) atoms. The second kappa shape index (κ2) is 10.1. The molecular weight excluding hydrogens is 554 g/mol. The Labute approximate surface area is 231 Å². The van der Waals surface area contributed by atoms with E-state index in [9.17, 15) is 22.4 Å². The van der Waals surface area contributed by atoms with Crippen molar-refractivity contribution in [2.75, 3.05) is 19.6 Å². The monoisotopic (exact) mass is 580 g/mol. The molecule has 0 bridgehead atoms. The van der Waals surface area contributed by atoms with E-state index in [-0.39, 0.29) is 41.7 Å². The lowest BCUT2D eigenvalue weighted by Crippen LogP contribution is -2.69. The summed E-state index contributed by atoms with van der Waals surface area (Å²) in [6.07, 6.45) is 2.40. The van der Waals surface area contributed by atoms with Gasteiger partial charge in [-0.25, -0.2) is 17.1 Å². The average molecular weight is 581 g/mol. The molecule has 3 aliphatic rings. The molecule has 0 aliphatic carbocycles. The number of likely N-dealkylation sites (tertiary alicyclic amines) is 1. The van der Waals surface area contributed by atoms with Crippen LogP contribution in [0.1, 0.15) is 25.8 Å². The number of hydrogen-bond donors (Lipinski definition) is 0. The standard InChI is InChI=1S/C26H27Cl2FN4O4S/c1-16(2)31-15-24-32(38(36,37)23-13-19(28)8-9-20(23)29)14-22(30-10-3-11-30)26(35)33(24)21(25(31)34)12-17-4-6-18(27)7-5-17/h4-9,13,15-16,21-22H,3,10-12,14H2,1-2H3. The van der Waals surface area contributed by atoms with Crippen molar-refractivity contribution in [1.29, 1.82) is 0 Å². The van der Waals surface area contributed by atoms with Gasteiger partial charge in [-0.15, -0.1) is 0 Å². The molecule has 2 aromatic rings. The Bertz CT molecular complexity index is 1410. The van der Waals surface area contributed by atoms with E-state index in [0.29, 0.717) is 18.1 Å². The van der Waals surface area contributed by atoms with E-state index < -0.39 is 32.8 Å². The van der Waals surface area contributed by atoms with Gasteiger partial charge in [0.1, 0.15) is 28.6 Å². The molecule has 2 atom stereocenters. The Morgan fingerprint density at radius 2 is 1.66 bits per heavy atom. The Kier molecular flexibility index (Phi) is 7.19. The maximum atomic E-state index is 14.9. The van der Waals surface area contributed by atoms with Crippen LogP contribution >= 0.6 is 23.2 Å². The highest BCUT2D eigenvalue weighted by Crippen LogP contribution is 2.37. The summed E-state index contributed by atoms with van der Waals surface area (Å²) in [4.78, 5) is 31.7. The molecule has 0 aromatic heterocycles. The lowest BCUT2D eigenvalue weighted by molar-refractivity contribution is -0.154. The number of amides is 2. The smallest absolute Gasteiger partial charge is 0.268 e. The molecule has 0 spiro atoms. The molecular formula is C26H27Cl2FN4O4S. The zero-order valence-corrected chi connectivity index (χ0v) is 23.2. The van der Waals surface area contributed by atoms with Crippen molar-refractivity contribution in [2.45, 2.75) is 49.7 Å². The van der Waals surface area contributed by atoms with Crippen molar-refractivity contribution >= 4 is 45.0 Å². The van der Waals surface area contributed by atoms with E-state index in [4.69, 9.17) is 23.2 Å². The summed E-state index contributed by atoms with van der Waals surface area (Å²) in [5.74, 6) is -1.63. The molecule has 12 heteroatoms. The van der Waals surface area contributed by atoms with Crippen LogP contribution in [0.5, 0.6) is 0 Å². The van der Waals surface area contributed by atoms with Gasteiger partial charge in [-0.05, 0) is 56.2 Å². The fourth-order valence-electron chi connectivity index (χ4n) is 5.00. The van der Waals surface area contributed by atoms with Crippen molar-refractivity contribution in [1.82, 2.24) is 19.0 Å². The molecule has 2 saturated heterocycles. The van der Waals surface area contributed by atoms with Crippen LogP contribution in [0.25, 0.3) is 0 Å². The summed E-state index contributed by atoms with van der Waals surface area (Å²) in [5, 5.41) is 0.590. The van der Waals surface area contributed by atoms with Crippen LogP contribution in [0.15, 0.2) is 59.4 Å². The maximum Gasteiger partial charge on any atom is 0.268 e. The van der Waals surface area contributed by atoms with E-state index in [1.807, 2.05) is 4.90 Å². The van der Waals surface area contributed by atoms with Crippen LogP contribution < -0.4 is 0 Å². The number of fused-ring (bicyclic) bond motifs is 1. The summed E-state index contributed by atoms with van der Waals surface area (Å²) in [6.45, 7) is 4.64. The normalized spacial score (nSPS) is 22.5. The highest BCUT2D eigenvalue weighted by molar-refractivity contribution is 7.89. The number of nitrogens with zero attached hydrogens (tertiary/aromatic N) is 4. The van der Waals surface area contributed by atoms with Gasteiger partial charge in [0.25, 0.3) is 10.0 Å². The van der Waals surface area contributed by atoms with Crippen LogP contribution in [0.3, 0.4) is 0 Å². The number of benzene rings is 2. The van der Waals surface area contributed by atoms with Gasteiger partial charge in [-0.2, -0.15) is 0 Å². The van der Waals surface area contributed by atoms with Crippen molar-refractivity contribution in [3.8, 4) is 0 Å². The molecule has 202 valence electrons. The van der Waals surface area contributed by atoms with Gasteiger partial charge in [-0.3, -0.25) is 19.4 Å². The van der Waals surface area contributed by atoms with Crippen LogP contribution in [0, 0.1) is 5.82 Å². The van der Waals surface area contributed by atoms with Gasteiger partial charge in [0.05, 0.1) is 6.54 Å². The lowest BCUT2D eigenvalue weighted by atomic mass is 9.97. The molecule has 0 radical (unpaired) electrons. The Balaban J connectivity index is 1.66. The number of hydrogen-bond acceptors (Lipinski definition) is 5. The fourth-order valence-corrected chi connectivity index (χ4v) is 6.91. The van der Waals surface area contributed by atoms with Crippen molar-refractivity contribution in [2.24, 2.45) is 0 Å². The molecule has 3 aliphatic heterocycles. The largest absolute Gasteiger partial charge is 0.311 e. The zero-order valence-electron chi connectivity index (χ0n) is 20.9. The van der Waals surface area contributed by atoms with Gasteiger partial charge >= 0.3 is 0 Å². The van der Waals surface area contributed by atoms with Gasteiger partial charge in [0.15, 0.2) is 0 Å². The molecule has 0 saturated carbocycles. The third-order valence-electron chi connectivity index (χ3n) is 7.16. The maximum absolute atomic E-state index is 14.9. The Morgan fingerprint density at radius 3 is 2.26 bits per heavy atom. The van der Waals surface area contributed by atoms with Gasteiger partial charge in [0.2, 0.25) is 11.8 Å². The summed E-state index contributed by atoms with van der Waals surface area (Å²) >= 11 is 12.1. The van der Waals surface area contributed by atoms with E-state index >= 15 is 0 Å². The number of sulfonamides is 1. The van der Waals surface area contributed by atoms with E-state index in [0.717, 1.165) is 28.4 Å². The first-order valence-electron chi connectivity index (χ1n) is 12.3. The minimum absolute atomic E-state index is 0.0124. The highest BCUT2D eigenvalue weighted by atomic mass is 35.5.